The van der Waals surface area contributed by atoms with Gasteiger partial charge in [0, 0.05) is 0 Å². The van der Waals surface area contributed by atoms with Gasteiger partial charge in [-0.25, -0.2) is 13.2 Å². The number of halogens is 3. The Labute approximate surface area is 120 Å². The number of aliphatic hydroxyl groups excluding tert-OH is 1. The second-order valence-corrected chi connectivity index (χ2v) is 5.37. The highest BCUT2D eigenvalue weighted by molar-refractivity contribution is 5.86. The van der Waals surface area contributed by atoms with Crippen molar-refractivity contribution < 1.29 is 23.1 Å². The van der Waals surface area contributed by atoms with Crippen LogP contribution in [0.4, 0.5) is 13.2 Å². The van der Waals surface area contributed by atoms with Crippen LogP contribution in [-0.2, 0) is 4.79 Å². The van der Waals surface area contributed by atoms with Gasteiger partial charge in [0.05, 0.1) is 18.2 Å². The molecule has 116 valence electrons. The lowest BCUT2D eigenvalue weighted by atomic mass is 9.98. The standard InChI is InChI=1S/C14H17F3N2O2/c1-14(3-2-4-18-14)13(21)19-11(7-20)8-5-9(15)12(17)10(16)6-8/h5-6,11,18,20H,2-4,7H2,1H3,(H,19,21). The topological polar surface area (TPSA) is 61.4 Å². The average Bonchev–Trinajstić information content (AvgIpc) is 2.89. The Hall–Kier alpha value is -1.60. The van der Waals surface area contributed by atoms with Gasteiger partial charge < -0.3 is 15.7 Å². The Balaban J connectivity index is 2.18. The predicted molar refractivity (Wildman–Crippen MR) is 69.9 cm³/mol. The summed E-state index contributed by atoms with van der Waals surface area (Å²) in [4.78, 5) is 12.2. The van der Waals surface area contributed by atoms with E-state index < -0.39 is 35.6 Å². The number of nitrogens with one attached hydrogen (secondary N) is 2. The smallest absolute Gasteiger partial charge is 0.240 e. The number of carbonyl (C=O) groups excluding carboxylic acids is 1. The number of hydrogen-bond acceptors (Lipinski definition) is 3. The summed E-state index contributed by atoms with van der Waals surface area (Å²) in [5.74, 6) is -4.67. The van der Waals surface area contributed by atoms with Crippen LogP contribution >= 0.6 is 0 Å². The van der Waals surface area contributed by atoms with Crippen molar-refractivity contribution >= 4 is 5.91 Å². The van der Waals surface area contributed by atoms with Crippen molar-refractivity contribution in [2.75, 3.05) is 13.2 Å². The lowest BCUT2D eigenvalue weighted by molar-refractivity contribution is -0.127. The number of carbonyl (C=O) groups is 1. The quantitative estimate of drug-likeness (QED) is 0.737. The largest absolute Gasteiger partial charge is 0.394 e. The highest BCUT2D eigenvalue weighted by atomic mass is 19.2. The minimum absolute atomic E-state index is 0.0242. The van der Waals surface area contributed by atoms with Crippen molar-refractivity contribution in [2.45, 2.75) is 31.3 Å². The molecule has 7 heteroatoms. The van der Waals surface area contributed by atoms with Crippen LogP contribution in [-0.4, -0.2) is 29.7 Å². The molecule has 1 aliphatic rings. The van der Waals surface area contributed by atoms with Crippen LogP contribution in [0.1, 0.15) is 31.4 Å². The molecule has 2 atom stereocenters. The van der Waals surface area contributed by atoms with Crippen LogP contribution in [0.15, 0.2) is 12.1 Å². The van der Waals surface area contributed by atoms with Gasteiger partial charge in [0.15, 0.2) is 17.5 Å². The number of rotatable bonds is 4. The molecule has 4 nitrogen and oxygen atoms in total. The minimum atomic E-state index is -1.58. The summed E-state index contributed by atoms with van der Waals surface area (Å²) in [6.07, 6.45) is 1.47. The van der Waals surface area contributed by atoms with E-state index in [2.05, 4.69) is 10.6 Å². The Bertz CT molecular complexity index is 522. The summed E-state index contributed by atoms with van der Waals surface area (Å²) in [5, 5.41) is 14.9. The van der Waals surface area contributed by atoms with Gasteiger partial charge in [-0.15, -0.1) is 0 Å². The number of amides is 1. The van der Waals surface area contributed by atoms with Gasteiger partial charge in [-0.3, -0.25) is 4.79 Å². The van der Waals surface area contributed by atoms with Gasteiger partial charge in [-0.1, -0.05) is 0 Å². The number of hydrogen-bond donors (Lipinski definition) is 3. The summed E-state index contributed by atoms with van der Waals surface area (Å²) in [7, 11) is 0. The van der Waals surface area contributed by atoms with E-state index in [-0.39, 0.29) is 11.5 Å². The molecule has 0 radical (unpaired) electrons. The van der Waals surface area contributed by atoms with Crippen LogP contribution < -0.4 is 10.6 Å². The van der Waals surface area contributed by atoms with Crippen molar-refractivity contribution in [2.24, 2.45) is 0 Å². The third-order valence-corrected chi connectivity index (χ3v) is 3.77. The number of aliphatic hydroxyl groups is 1. The normalized spacial score (nSPS) is 23.1. The Morgan fingerprint density at radius 2 is 2.05 bits per heavy atom. The minimum Gasteiger partial charge on any atom is -0.394 e. The van der Waals surface area contributed by atoms with Gasteiger partial charge >= 0.3 is 0 Å². The zero-order chi connectivity index (χ0) is 15.6. The monoisotopic (exact) mass is 302 g/mol. The second-order valence-electron chi connectivity index (χ2n) is 5.37. The maximum atomic E-state index is 13.2. The molecule has 0 spiro atoms. The zero-order valence-electron chi connectivity index (χ0n) is 11.5. The van der Waals surface area contributed by atoms with E-state index in [1.54, 1.807) is 6.92 Å². The van der Waals surface area contributed by atoms with E-state index >= 15 is 0 Å². The molecule has 1 fully saturated rings. The molecule has 1 aromatic rings. The predicted octanol–water partition coefficient (Wildman–Crippen LogP) is 1.40. The molecule has 0 saturated carbocycles. The second kappa shape index (κ2) is 6.03. The lowest BCUT2D eigenvalue weighted by Gasteiger charge is -2.26. The van der Waals surface area contributed by atoms with Crippen molar-refractivity contribution in [3.8, 4) is 0 Å². The molecular formula is C14H17F3N2O2. The Morgan fingerprint density at radius 3 is 2.52 bits per heavy atom. The summed E-state index contributed by atoms with van der Waals surface area (Å²) in [6.45, 7) is 1.87. The van der Waals surface area contributed by atoms with Gasteiger partial charge in [-0.2, -0.15) is 0 Å². The van der Waals surface area contributed by atoms with E-state index in [1.165, 1.54) is 0 Å². The third-order valence-electron chi connectivity index (χ3n) is 3.77. The van der Waals surface area contributed by atoms with Crippen LogP contribution in [0.3, 0.4) is 0 Å². The summed E-state index contributed by atoms with van der Waals surface area (Å²) in [5.41, 5.74) is -0.797. The summed E-state index contributed by atoms with van der Waals surface area (Å²) >= 11 is 0. The molecule has 3 N–H and O–H groups in total. The molecule has 1 aromatic carbocycles. The molecule has 21 heavy (non-hydrogen) atoms. The van der Waals surface area contributed by atoms with E-state index in [9.17, 15) is 23.1 Å². The first kappa shape index (κ1) is 15.8. The first-order valence-corrected chi connectivity index (χ1v) is 6.68. The molecule has 1 amide bonds. The third kappa shape index (κ3) is 3.19. The molecule has 0 aliphatic carbocycles. The molecular weight excluding hydrogens is 285 g/mol. The van der Waals surface area contributed by atoms with E-state index in [0.717, 1.165) is 18.6 Å². The molecule has 1 aliphatic heterocycles. The van der Waals surface area contributed by atoms with Gasteiger partial charge in [-0.05, 0) is 44.0 Å². The SMILES string of the molecule is CC1(C(=O)NC(CO)c2cc(F)c(F)c(F)c2)CCCN1. The average molecular weight is 302 g/mol. The lowest BCUT2D eigenvalue weighted by Crippen LogP contribution is -2.52. The molecule has 0 aromatic heterocycles. The van der Waals surface area contributed by atoms with E-state index in [0.29, 0.717) is 13.0 Å². The maximum absolute atomic E-state index is 13.2. The Morgan fingerprint density at radius 1 is 1.43 bits per heavy atom. The van der Waals surface area contributed by atoms with Crippen molar-refractivity contribution in [3.05, 3.63) is 35.1 Å². The van der Waals surface area contributed by atoms with E-state index in [1.807, 2.05) is 0 Å². The van der Waals surface area contributed by atoms with Gasteiger partial charge in [0.2, 0.25) is 5.91 Å². The first-order chi connectivity index (χ1) is 9.87. The highest BCUT2D eigenvalue weighted by Crippen LogP contribution is 2.23. The van der Waals surface area contributed by atoms with Crippen LogP contribution in [0.2, 0.25) is 0 Å². The molecule has 0 bridgehead atoms. The van der Waals surface area contributed by atoms with Crippen molar-refractivity contribution in [1.29, 1.82) is 0 Å². The molecule has 1 saturated heterocycles. The van der Waals surface area contributed by atoms with Crippen molar-refractivity contribution in [3.63, 3.8) is 0 Å². The fourth-order valence-electron chi connectivity index (χ4n) is 2.42. The summed E-state index contributed by atoms with van der Waals surface area (Å²) < 4.78 is 39.4. The van der Waals surface area contributed by atoms with Gasteiger partial charge in [0.25, 0.3) is 0 Å². The fraction of sp³-hybridized carbons (Fsp3) is 0.500. The maximum Gasteiger partial charge on any atom is 0.240 e. The van der Waals surface area contributed by atoms with Gasteiger partial charge in [0.1, 0.15) is 0 Å². The first-order valence-electron chi connectivity index (χ1n) is 6.68. The zero-order valence-corrected chi connectivity index (χ0v) is 11.5. The van der Waals surface area contributed by atoms with Crippen LogP contribution in [0, 0.1) is 17.5 Å². The van der Waals surface area contributed by atoms with Crippen molar-refractivity contribution in [1.82, 2.24) is 10.6 Å². The molecule has 1 heterocycles. The van der Waals surface area contributed by atoms with Crippen LogP contribution in [0.5, 0.6) is 0 Å². The fourth-order valence-corrected chi connectivity index (χ4v) is 2.42. The summed E-state index contributed by atoms with van der Waals surface area (Å²) in [6, 6.07) is 0.537. The number of benzene rings is 1. The van der Waals surface area contributed by atoms with Crippen LogP contribution in [0.25, 0.3) is 0 Å². The highest BCUT2D eigenvalue weighted by Gasteiger charge is 2.37. The molecule has 2 unspecified atom stereocenters. The van der Waals surface area contributed by atoms with E-state index in [4.69, 9.17) is 0 Å². The molecule has 2 rings (SSSR count). The Kier molecular flexibility index (Phi) is 4.53.